The summed E-state index contributed by atoms with van der Waals surface area (Å²) in [7, 11) is -2.87. The fraction of sp³-hybridized carbons (Fsp3) is 0.294. The Labute approximate surface area is 172 Å². The predicted molar refractivity (Wildman–Crippen MR) is 106 cm³/mol. The van der Waals surface area contributed by atoms with Gasteiger partial charge in [0.25, 0.3) is 10.0 Å². The molecule has 154 valence electrons. The van der Waals surface area contributed by atoms with E-state index in [-0.39, 0.29) is 23.5 Å². The summed E-state index contributed by atoms with van der Waals surface area (Å²) < 4.78 is 77.4. The van der Waals surface area contributed by atoms with Crippen molar-refractivity contribution >= 4 is 47.0 Å². The Kier molecular flexibility index (Phi) is 7.30. The molecule has 0 saturated heterocycles. The molecule has 0 bridgehead atoms. The smallest absolute Gasteiger partial charge is 0.260 e. The average molecular weight is 472 g/mol. The fourth-order valence-electron chi connectivity index (χ4n) is 2.65. The standard InChI is InChI=1S/C17H17Cl2F2NO4S2/c1-12(3-2-10-27(19,23)24)22(17-11-14(20)6-9-16(17)21)28(25,26)15-7-4-13(18)5-8-15/h4-9,11-12H,2-3,10H2,1H3/t12-/m1/s1. The van der Waals surface area contributed by atoms with E-state index in [1.807, 2.05) is 0 Å². The highest BCUT2D eigenvalue weighted by Crippen LogP contribution is 2.31. The van der Waals surface area contributed by atoms with Crippen LogP contribution in [0.5, 0.6) is 0 Å². The molecule has 2 aromatic rings. The molecule has 0 heterocycles. The van der Waals surface area contributed by atoms with Gasteiger partial charge in [0.15, 0.2) is 0 Å². The highest BCUT2D eigenvalue weighted by Gasteiger charge is 2.31. The van der Waals surface area contributed by atoms with Crippen molar-refractivity contribution in [1.29, 1.82) is 0 Å². The molecule has 0 saturated carbocycles. The minimum atomic E-state index is -4.29. The molecule has 0 radical (unpaired) electrons. The Hall–Kier alpha value is -1.42. The van der Waals surface area contributed by atoms with Crippen LogP contribution in [0.25, 0.3) is 0 Å². The van der Waals surface area contributed by atoms with E-state index in [1.54, 1.807) is 0 Å². The second-order valence-electron chi connectivity index (χ2n) is 6.08. The molecule has 0 fully saturated rings. The molecule has 11 heteroatoms. The van der Waals surface area contributed by atoms with Crippen LogP contribution in [0.1, 0.15) is 19.8 Å². The molecular formula is C17H17Cl2F2NO4S2. The quantitative estimate of drug-likeness (QED) is 0.529. The summed E-state index contributed by atoms with van der Waals surface area (Å²) in [6, 6.07) is 6.81. The number of hydrogen-bond donors (Lipinski definition) is 0. The van der Waals surface area contributed by atoms with Crippen LogP contribution >= 0.6 is 22.3 Å². The van der Waals surface area contributed by atoms with Crippen LogP contribution in [0.2, 0.25) is 5.02 Å². The molecule has 0 aliphatic carbocycles. The number of nitrogens with zero attached hydrogens (tertiary/aromatic N) is 1. The molecular weight excluding hydrogens is 455 g/mol. The minimum Gasteiger partial charge on any atom is -0.260 e. The van der Waals surface area contributed by atoms with Gasteiger partial charge in [0, 0.05) is 27.8 Å². The van der Waals surface area contributed by atoms with Crippen LogP contribution in [0, 0.1) is 11.6 Å². The zero-order chi connectivity index (χ0) is 21.1. The van der Waals surface area contributed by atoms with E-state index >= 15 is 0 Å². The Bertz CT molecular complexity index is 1050. The highest BCUT2D eigenvalue weighted by molar-refractivity contribution is 8.13. The summed E-state index contributed by atoms with van der Waals surface area (Å²) in [6.45, 7) is 1.47. The van der Waals surface area contributed by atoms with Gasteiger partial charge in [-0.3, -0.25) is 4.31 Å². The van der Waals surface area contributed by atoms with Gasteiger partial charge in [-0.15, -0.1) is 0 Å². The van der Waals surface area contributed by atoms with Crippen LogP contribution in [0.4, 0.5) is 14.5 Å². The normalized spacial score (nSPS) is 13.3. The lowest BCUT2D eigenvalue weighted by Crippen LogP contribution is -2.39. The van der Waals surface area contributed by atoms with E-state index in [1.165, 1.54) is 31.2 Å². The topological polar surface area (TPSA) is 71.5 Å². The zero-order valence-electron chi connectivity index (χ0n) is 14.6. The minimum absolute atomic E-state index is 0.0383. The van der Waals surface area contributed by atoms with Gasteiger partial charge in [0.2, 0.25) is 9.05 Å². The summed E-state index contributed by atoms with van der Waals surface area (Å²) in [6.07, 6.45) is 0.0886. The lowest BCUT2D eigenvalue weighted by atomic mass is 10.2. The van der Waals surface area contributed by atoms with Crippen LogP contribution in [-0.2, 0) is 19.1 Å². The van der Waals surface area contributed by atoms with Gasteiger partial charge in [0.1, 0.15) is 11.6 Å². The Morgan fingerprint density at radius 3 is 2.21 bits per heavy atom. The third-order valence-corrected chi connectivity index (χ3v) is 7.36. The van der Waals surface area contributed by atoms with Crippen molar-refractivity contribution in [2.24, 2.45) is 0 Å². The monoisotopic (exact) mass is 471 g/mol. The van der Waals surface area contributed by atoms with Gasteiger partial charge < -0.3 is 0 Å². The van der Waals surface area contributed by atoms with Crippen molar-refractivity contribution < 1.29 is 25.6 Å². The second kappa shape index (κ2) is 8.94. The molecule has 0 aliphatic heterocycles. The number of anilines is 1. The summed E-state index contributed by atoms with van der Waals surface area (Å²) in [4.78, 5) is -0.169. The van der Waals surface area contributed by atoms with E-state index in [0.717, 1.165) is 22.5 Å². The largest absolute Gasteiger partial charge is 0.264 e. The van der Waals surface area contributed by atoms with Crippen LogP contribution in [-0.4, -0.2) is 28.6 Å². The van der Waals surface area contributed by atoms with E-state index in [4.69, 9.17) is 22.3 Å². The number of benzene rings is 2. The first-order valence-corrected chi connectivity index (χ1v) is 12.4. The van der Waals surface area contributed by atoms with Gasteiger partial charge >= 0.3 is 0 Å². The van der Waals surface area contributed by atoms with Crippen molar-refractivity contribution in [3.63, 3.8) is 0 Å². The van der Waals surface area contributed by atoms with Crippen molar-refractivity contribution in [3.8, 4) is 0 Å². The van der Waals surface area contributed by atoms with Crippen molar-refractivity contribution in [2.75, 3.05) is 10.1 Å². The Morgan fingerprint density at radius 2 is 1.64 bits per heavy atom. The van der Waals surface area contributed by atoms with Crippen molar-refractivity contribution in [2.45, 2.75) is 30.7 Å². The third-order valence-electron chi connectivity index (χ3n) is 3.93. The van der Waals surface area contributed by atoms with Gasteiger partial charge in [-0.2, -0.15) is 0 Å². The first kappa shape index (κ1) is 22.9. The maximum atomic E-state index is 14.4. The summed E-state index contributed by atoms with van der Waals surface area (Å²) in [5.74, 6) is -2.13. The zero-order valence-corrected chi connectivity index (χ0v) is 17.8. The van der Waals surface area contributed by atoms with E-state index < -0.39 is 42.4 Å². The molecule has 0 spiro atoms. The Morgan fingerprint density at radius 1 is 1.04 bits per heavy atom. The number of halogens is 4. The van der Waals surface area contributed by atoms with Gasteiger partial charge in [-0.05, 0) is 56.2 Å². The van der Waals surface area contributed by atoms with E-state index in [9.17, 15) is 25.6 Å². The first-order chi connectivity index (χ1) is 12.9. The highest BCUT2D eigenvalue weighted by atomic mass is 35.7. The molecule has 0 aromatic heterocycles. The number of sulfonamides is 1. The molecule has 0 aliphatic rings. The molecule has 2 rings (SSSR count). The maximum absolute atomic E-state index is 14.4. The number of rotatable bonds is 8. The molecule has 0 N–H and O–H groups in total. The molecule has 0 unspecified atom stereocenters. The lowest BCUT2D eigenvalue weighted by Gasteiger charge is -2.31. The number of hydrogen-bond acceptors (Lipinski definition) is 4. The lowest BCUT2D eigenvalue weighted by molar-refractivity contribution is 0.554. The van der Waals surface area contributed by atoms with E-state index in [0.29, 0.717) is 5.02 Å². The van der Waals surface area contributed by atoms with Crippen LogP contribution in [0.3, 0.4) is 0 Å². The van der Waals surface area contributed by atoms with Crippen molar-refractivity contribution in [1.82, 2.24) is 0 Å². The molecule has 0 amide bonds. The third kappa shape index (κ3) is 5.79. The van der Waals surface area contributed by atoms with E-state index in [2.05, 4.69) is 0 Å². The summed E-state index contributed by atoms with van der Waals surface area (Å²) in [5.41, 5.74) is -0.476. The Balaban J connectivity index is 2.49. The van der Waals surface area contributed by atoms with Crippen LogP contribution in [0.15, 0.2) is 47.4 Å². The SMILES string of the molecule is C[C@H](CCCS(=O)(=O)Cl)N(c1cc(F)ccc1F)S(=O)(=O)c1ccc(Cl)cc1. The molecule has 1 atom stereocenters. The summed E-state index contributed by atoms with van der Waals surface area (Å²) in [5, 5.41) is 0.308. The molecule has 28 heavy (non-hydrogen) atoms. The maximum Gasteiger partial charge on any atom is 0.264 e. The molecule has 2 aromatic carbocycles. The average Bonchev–Trinajstić information content (AvgIpc) is 2.57. The molecule has 5 nitrogen and oxygen atoms in total. The summed E-state index contributed by atoms with van der Waals surface area (Å²) >= 11 is 5.79. The van der Waals surface area contributed by atoms with Gasteiger partial charge in [-0.1, -0.05) is 11.6 Å². The second-order valence-corrected chi connectivity index (χ2v) is 11.2. The van der Waals surface area contributed by atoms with Crippen molar-refractivity contribution in [3.05, 3.63) is 59.1 Å². The predicted octanol–water partition coefficient (Wildman–Crippen LogP) is 4.55. The fourth-order valence-corrected chi connectivity index (χ4v) is 5.30. The first-order valence-electron chi connectivity index (χ1n) is 8.09. The van der Waals surface area contributed by atoms with Crippen LogP contribution < -0.4 is 4.31 Å². The van der Waals surface area contributed by atoms with Gasteiger partial charge in [-0.25, -0.2) is 25.6 Å². The van der Waals surface area contributed by atoms with Gasteiger partial charge in [0.05, 0.1) is 16.3 Å².